The average Bonchev–Trinajstić information content (AvgIpc) is 3.32. The molecule has 9 heteroatoms. The van der Waals surface area contributed by atoms with Crippen molar-refractivity contribution in [2.45, 2.75) is 335 Å². The highest BCUT2D eigenvalue weighted by atomic mass is 31.2. The number of rotatable bonds is 60. The van der Waals surface area contributed by atoms with Gasteiger partial charge in [-0.2, -0.15) is 0 Å². The van der Waals surface area contributed by atoms with Gasteiger partial charge in [-0.15, -0.1) is 0 Å². The first-order valence-electron chi connectivity index (χ1n) is 31.3. The zero-order valence-electron chi connectivity index (χ0n) is 48.1. The van der Waals surface area contributed by atoms with Gasteiger partial charge in [0.15, 0.2) is 0 Å². The lowest BCUT2D eigenvalue weighted by atomic mass is 10.0. The molecule has 8 nitrogen and oxygen atoms in total. The first-order valence-corrected chi connectivity index (χ1v) is 32.8. The van der Waals surface area contributed by atoms with E-state index >= 15 is 0 Å². The van der Waals surface area contributed by atoms with E-state index in [1.807, 2.05) is 21.1 Å². The van der Waals surface area contributed by atoms with Crippen LogP contribution in [0.1, 0.15) is 328 Å². The van der Waals surface area contributed by atoms with E-state index in [1.165, 1.54) is 276 Å². The Balaban J connectivity index is 3.87. The summed E-state index contributed by atoms with van der Waals surface area (Å²) in [5.41, 5.74) is 0. The minimum absolute atomic E-state index is 0.0944. The van der Waals surface area contributed by atoms with Gasteiger partial charge in [0.25, 0.3) is 0 Å². The number of hydrogen-bond donors (Lipinski definition) is 1. The largest absolute Gasteiger partial charge is 0.472 e. The van der Waals surface area contributed by atoms with E-state index in [2.05, 4.69) is 13.8 Å². The van der Waals surface area contributed by atoms with Crippen LogP contribution in [0.15, 0.2) is 0 Å². The third-order valence-electron chi connectivity index (χ3n) is 14.4. The number of nitrogens with zero attached hydrogens (tertiary/aromatic N) is 1. The van der Waals surface area contributed by atoms with Gasteiger partial charge >= 0.3 is 13.8 Å². The fourth-order valence-electron chi connectivity index (χ4n) is 9.62. The Morgan fingerprint density at radius 1 is 0.386 bits per heavy atom. The maximum atomic E-state index is 12.8. The highest BCUT2D eigenvalue weighted by molar-refractivity contribution is 7.47. The molecule has 0 radical (unpaired) electrons. The number of esters is 1. The molecule has 420 valence electrons. The molecule has 2 atom stereocenters. The van der Waals surface area contributed by atoms with Gasteiger partial charge in [0, 0.05) is 13.0 Å². The quantitative estimate of drug-likeness (QED) is 0.0281. The molecule has 0 aliphatic rings. The van der Waals surface area contributed by atoms with Crippen molar-refractivity contribution in [2.24, 2.45) is 0 Å². The fourth-order valence-corrected chi connectivity index (χ4v) is 10.4. The lowest BCUT2D eigenvalue weighted by Gasteiger charge is -2.24. The highest BCUT2D eigenvalue weighted by Crippen LogP contribution is 2.43. The molecule has 0 aliphatic carbocycles. The van der Waals surface area contributed by atoms with Crippen LogP contribution in [0.25, 0.3) is 0 Å². The number of unbranched alkanes of at least 4 members (excludes halogenated alkanes) is 46. The van der Waals surface area contributed by atoms with Gasteiger partial charge in [-0.25, -0.2) is 4.57 Å². The topological polar surface area (TPSA) is 91.3 Å². The van der Waals surface area contributed by atoms with E-state index in [0.29, 0.717) is 24.1 Å². The maximum Gasteiger partial charge on any atom is 0.472 e. The summed E-state index contributed by atoms with van der Waals surface area (Å²) in [6.07, 6.45) is 64.8. The van der Waals surface area contributed by atoms with Gasteiger partial charge in [0.05, 0.1) is 34.4 Å². The summed E-state index contributed by atoms with van der Waals surface area (Å²) in [6.45, 7) is 5.72. The molecule has 0 spiro atoms. The molecular formula is C61H125NO7P+. The molecule has 0 aliphatic heterocycles. The zero-order valence-corrected chi connectivity index (χ0v) is 48.9. The second kappa shape index (κ2) is 54.8. The SMILES string of the molecule is CCCCCCCCCCCCCCCCCCCCCCCCCCCCCCCCCCC(=O)O[C@H](COCCCCCCCCCCCCCCCCCC)COP(=O)(O)OCC[N+](C)(C)C. The van der Waals surface area contributed by atoms with Crippen molar-refractivity contribution in [3.05, 3.63) is 0 Å². The van der Waals surface area contributed by atoms with E-state index in [0.717, 1.165) is 32.1 Å². The van der Waals surface area contributed by atoms with Crippen molar-refractivity contribution in [1.82, 2.24) is 0 Å². The molecular weight excluding hydrogens is 890 g/mol. The van der Waals surface area contributed by atoms with E-state index in [9.17, 15) is 14.3 Å². The number of likely N-dealkylation sites (N-methyl/N-ethyl adjacent to an activating group) is 1. The molecule has 0 heterocycles. The van der Waals surface area contributed by atoms with E-state index in [-0.39, 0.29) is 25.8 Å². The molecule has 0 amide bonds. The summed E-state index contributed by atoms with van der Waals surface area (Å²) in [6, 6.07) is 0. The van der Waals surface area contributed by atoms with Crippen LogP contribution in [0.4, 0.5) is 0 Å². The molecule has 0 aromatic rings. The molecule has 0 saturated carbocycles. The normalized spacial score (nSPS) is 13.3. The standard InChI is InChI=1S/C61H124NO7P/c1-6-8-10-12-14-16-18-20-22-24-25-26-27-28-29-30-31-32-33-34-35-36-37-38-39-40-42-44-46-48-50-52-54-61(63)69-60(59-68-70(64,65)67-57-55-62(3,4)5)58-66-56-53-51-49-47-45-43-41-23-21-19-17-15-13-11-9-7-2/h60H,6-59H2,1-5H3/p+1/t60-/m1/s1. The Morgan fingerprint density at radius 3 is 0.943 bits per heavy atom. The number of carbonyl (C=O) groups is 1. The molecule has 0 aromatic heterocycles. The van der Waals surface area contributed by atoms with Crippen LogP contribution in [-0.2, 0) is 27.9 Å². The molecule has 1 unspecified atom stereocenters. The van der Waals surface area contributed by atoms with Crippen LogP contribution in [0, 0.1) is 0 Å². The summed E-state index contributed by atoms with van der Waals surface area (Å²) in [4.78, 5) is 23.1. The third-order valence-corrected chi connectivity index (χ3v) is 15.4. The minimum Gasteiger partial charge on any atom is -0.457 e. The predicted molar refractivity (Wildman–Crippen MR) is 303 cm³/mol. The van der Waals surface area contributed by atoms with Crippen molar-refractivity contribution in [1.29, 1.82) is 0 Å². The fraction of sp³-hybridized carbons (Fsp3) is 0.984. The number of hydrogen-bond acceptors (Lipinski definition) is 6. The smallest absolute Gasteiger partial charge is 0.457 e. The van der Waals surface area contributed by atoms with Gasteiger partial charge in [0.1, 0.15) is 19.3 Å². The number of phosphoric acid groups is 1. The molecule has 0 saturated heterocycles. The Kier molecular flexibility index (Phi) is 54.4. The third kappa shape index (κ3) is 58.4. The molecule has 70 heavy (non-hydrogen) atoms. The molecule has 0 fully saturated rings. The summed E-state index contributed by atoms with van der Waals surface area (Å²) in [5.74, 6) is -0.302. The molecule has 0 rings (SSSR count). The first kappa shape index (κ1) is 69.5. The van der Waals surface area contributed by atoms with Crippen LogP contribution >= 0.6 is 7.82 Å². The van der Waals surface area contributed by atoms with Crippen molar-refractivity contribution < 1.29 is 37.3 Å². The van der Waals surface area contributed by atoms with Crippen LogP contribution in [0.5, 0.6) is 0 Å². The van der Waals surface area contributed by atoms with E-state index < -0.39 is 13.9 Å². The van der Waals surface area contributed by atoms with Crippen molar-refractivity contribution in [3.8, 4) is 0 Å². The first-order chi connectivity index (χ1) is 34.1. The number of phosphoric ester groups is 1. The van der Waals surface area contributed by atoms with Crippen LogP contribution < -0.4 is 0 Å². The average molecular weight is 1020 g/mol. The highest BCUT2D eigenvalue weighted by Gasteiger charge is 2.26. The van der Waals surface area contributed by atoms with Crippen molar-refractivity contribution >= 4 is 13.8 Å². The van der Waals surface area contributed by atoms with Gasteiger partial charge in [-0.1, -0.05) is 309 Å². The van der Waals surface area contributed by atoms with Gasteiger partial charge < -0.3 is 18.9 Å². The Hall–Kier alpha value is -0.500. The molecule has 0 aromatic carbocycles. The zero-order chi connectivity index (χ0) is 51.2. The van der Waals surface area contributed by atoms with Crippen LogP contribution in [0.3, 0.4) is 0 Å². The molecule has 0 bridgehead atoms. The number of ether oxygens (including phenoxy) is 2. The minimum atomic E-state index is -4.28. The molecule has 1 N–H and O–H groups in total. The monoisotopic (exact) mass is 1010 g/mol. The van der Waals surface area contributed by atoms with Gasteiger partial charge in [-0.05, 0) is 12.8 Å². The van der Waals surface area contributed by atoms with Crippen LogP contribution in [-0.4, -0.2) is 75.6 Å². The van der Waals surface area contributed by atoms with Gasteiger partial charge in [0.2, 0.25) is 0 Å². The van der Waals surface area contributed by atoms with Crippen LogP contribution in [0.2, 0.25) is 0 Å². The summed E-state index contributed by atoms with van der Waals surface area (Å²) < 4.78 is 35.3. The second-order valence-electron chi connectivity index (χ2n) is 22.8. The number of quaternary nitrogens is 1. The van der Waals surface area contributed by atoms with Crippen molar-refractivity contribution in [2.75, 3.05) is 54.1 Å². The van der Waals surface area contributed by atoms with Crippen molar-refractivity contribution in [3.63, 3.8) is 0 Å². The summed E-state index contributed by atoms with van der Waals surface area (Å²) >= 11 is 0. The Morgan fingerprint density at radius 2 is 0.657 bits per heavy atom. The summed E-state index contributed by atoms with van der Waals surface area (Å²) in [7, 11) is 1.69. The predicted octanol–water partition coefficient (Wildman–Crippen LogP) is 19.9. The second-order valence-corrected chi connectivity index (χ2v) is 24.3. The Bertz CT molecular complexity index is 1090. The summed E-state index contributed by atoms with van der Waals surface area (Å²) in [5, 5.41) is 0. The van der Waals surface area contributed by atoms with E-state index in [1.54, 1.807) is 0 Å². The van der Waals surface area contributed by atoms with E-state index in [4.69, 9.17) is 18.5 Å². The lowest BCUT2D eigenvalue weighted by Crippen LogP contribution is -2.37. The number of carbonyl (C=O) groups excluding carboxylic acids is 1. The Labute approximate surface area is 438 Å². The van der Waals surface area contributed by atoms with Gasteiger partial charge in [-0.3, -0.25) is 13.8 Å². The lowest BCUT2D eigenvalue weighted by molar-refractivity contribution is -0.870. The maximum absolute atomic E-state index is 12.8.